The van der Waals surface area contributed by atoms with Gasteiger partial charge >= 0.3 is 5.97 Å². The van der Waals surface area contributed by atoms with E-state index in [0.29, 0.717) is 16.8 Å². The van der Waals surface area contributed by atoms with Crippen LogP contribution in [-0.4, -0.2) is 30.4 Å². The van der Waals surface area contributed by atoms with Gasteiger partial charge in [-0.3, -0.25) is 9.59 Å². The largest absolute Gasteiger partial charge is 0.452 e. The molecule has 5 rings (SSSR count). The highest BCUT2D eigenvalue weighted by Gasteiger charge is 2.24. The monoisotopic (exact) mass is 438 g/mol. The second-order valence-electron chi connectivity index (χ2n) is 8.15. The number of esters is 1. The number of rotatable bonds is 6. The lowest BCUT2D eigenvalue weighted by Crippen LogP contribution is -2.25. The van der Waals surface area contributed by atoms with Gasteiger partial charge in [0.1, 0.15) is 0 Å². The minimum absolute atomic E-state index is 0.164. The molecule has 1 aliphatic rings. The number of anilines is 1. The molecule has 6 heteroatoms. The number of nitrogens with one attached hydrogen (secondary N) is 2. The summed E-state index contributed by atoms with van der Waals surface area (Å²) < 4.78 is 5.39. The van der Waals surface area contributed by atoms with Crippen LogP contribution in [0.2, 0.25) is 0 Å². The van der Waals surface area contributed by atoms with Crippen molar-refractivity contribution >= 4 is 45.0 Å². The van der Waals surface area contributed by atoms with Gasteiger partial charge in [-0.1, -0.05) is 54.6 Å². The average Bonchev–Trinajstić information content (AvgIpc) is 3.65. The Labute approximate surface area is 190 Å². The van der Waals surface area contributed by atoms with Crippen molar-refractivity contribution in [3.63, 3.8) is 0 Å². The fourth-order valence-electron chi connectivity index (χ4n) is 3.87. The van der Waals surface area contributed by atoms with Crippen molar-refractivity contribution in [2.75, 3.05) is 11.9 Å². The second kappa shape index (κ2) is 8.74. The Morgan fingerprint density at radius 2 is 1.48 bits per heavy atom. The van der Waals surface area contributed by atoms with Crippen LogP contribution in [0.4, 0.5) is 5.69 Å². The Bertz CT molecular complexity index is 1340. The van der Waals surface area contributed by atoms with Gasteiger partial charge in [0.15, 0.2) is 6.61 Å². The molecule has 1 aliphatic carbocycles. The number of ether oxygens (including phenoxy) is 1. The van der Waals surface area contributed by atoms with E-state index in [9.17, 15) is 14.4 Å². The number of hydrogen-bond donors (Lipinski definition) is 2. The SMILES string of the molecule is O=C(COC(=O)c1c2ccccc2cc2ccccc12)Nc1cccc(C(=O)NC2CC2)c1. The third-order valence-corrected chi connectivity index (χ3v) is 5.63. The first-order valence-corrected chi connectivity index (χ1v) is 10.9. The molecule has 0 saturated heterocycles. The molecule has 1 saturated carbocycles. The molecule has 0 radical (unpaired) electrons. The summed E-state index contributed by atoms with van der Waals surface area (Å²) >= 11 is 0. The molecule has 0 unspecified atom stereocenters. The first kappa shape index (κ1) is 20.7. The standard InChI is InChI=1S/C27H22N2O4/c30-24(28-21-9-5-8-19(15-21)26(31)29-20-12-13-20)16-33-27(32)25-22-10-3-1-6-17(22)14-18-7-2-4-11-23(18)25/h1-11,14-15,20H,12-13,16H2,(H,28,30)(H,29,31). The minimum atomic E-state index is -0.560. The van der Waals surface area contributed by atoms with Crippen molar-refractivity contribution in [1.29, 1.82) is 0 Å². The number of benzene rings is 4. The normalized spacial score (nSPS) is 13.0. The van der Waals surface area contributed by atoms with Crippen molar-refractivity contribution in [1.82, 2.24) is 5.32 Å². The Morgan fingerprint density at radius 1 is 0.818 bits per heavy atom. The fraction of sp³-hybridized carbons (Fsp3) is 0.148. The number of carbonyl (C=O) groups excluding carboxylic acids is 3. The average molecular weight is 438 g/mol. The Balaban J connectivity index is 1.30. The van der Waals surface area contributed by atoms with E-state index >= 15 is 0 Å². The maximum absolute atomic E-state index is 13.0. The van der Waals surface area contributed by atoms with E-state index < -0.39 is 18.5 Å². The first-order valence-electron chi connectivity index (χ1n) is 10.9. The van der Waals surface area contributed by atoms with Gasteiger partial charge in [-0.25, -0.2) is 4.79 Å². The predicted molar refractivity (Wildman–Crippen MR) is 127 cm³/mol. The summed E-state index contributed by atoms with van der Waals surface area (Å²) in [5.74, 6) is -1.20. The van der Waals surface area contributed by atoms with Gasteiger partial charge in [0.25, 0.3) is 11.8 Å². The topological polar surface area (TPSA) is 84.5 Å². The molecule has 33 heavy (non-hydrogen) atoms. The summed E-state index contributed by atoms with van der Waals surface area (Å²) in [5.41, 5.74) is 1.38. The maximum atomic E-state index is 13.0. The molecule has 2 amide bonds. The number of carbonyl (C=O) groups is 3. The van der Waals surface area contributed by atoms with E-state index in [0.717, 1.165) is 34.4 Å². The zero-order valence-electron chi connectivity index (χ0n) is 17.8. The highest BCUT2D eigenvalue weighted by molar-refractivity contribution is 6.16. The molecule has 2 N–H and O–H groups in total. The van der Waals surface area contributed by atoms with E-state index in [1.165, 1.54) is 0 Å². The molecule has 1 fully saturated rings. The molecule has 164 valence electrons. The molecule has 4 aromatic rings. The van der Waals surface area contributed by atoms with E-state index in [-0.39, 0.29) is 11.9 Å². The van der Waals surface area contributed by atoms with Crippen molar-refractivity contribution in [3.05, 3.63) is 90.0 Å². The van der Waals surface area contributed by atoms with Gasteiger partial charge in [-0.2, -0.15) is 0 Å². The van der Waals surface area contributed by atoms with Crippen molar-refractivity contribution in [2.45, 2.75) is 18.9 Å². The lowest BCUT2D eigenvalue weighted by Gasteiger charge is -2.12. The number of hydrogen-bond acceptors (Lipinski definition) is 4. The number of fused-ring (bicyclic) bond motifs is 2. The van der Waals surface area contributed by atoms with Crippen LogP contribution in [0.25, 0.3) is 21.5 Å². The van der Waals surface area contributed by atoms with E-state index in [1.54, 1.807) is 24.3 Å². The second-order valence-corrected chi connectivity index (χ2v) is 8.15. The van der Waals surface area contributed by atoms with Crippen molar-refractivity contribution in [3.8, 4) is 0 Å². The highest BCUT2D eigenvalue weighted by atomic mass is 16.5. The van der Waals surface area contributed by atoms with Gasteiger partial charge in [0.05, 0.1) is 5.56 Å². The van der Waals surface area contributed by atoms with Crippen molar-refractivity contribution in [2.24, 2.45) is 0 Å². The molecular weight excluding hydrogens is 416 g/mol. The van der Waals surface area contributed by atoms with Crippen LogP contribution >= 0.6 is 0 Å². The van der Waals surface area contributed by atoms with Crippen LogP contribution in [0.1, 0.15) is 33.6 Å². The van der Waals surface area contributed by atoms with Crippen LogP contribution in [0.3, 0.4) is 0 Å². The smallest absolute Gasteiger partial charge is 0.339 e. The van der Waals surface area contributed by atoms with Crippen molar-refractivity contribution < 1.29 is 19.1 Å². The summed E-state index contributed by atoms with van der Waals surface area (Å²) in [7, 11) is 0. The Morgan fingerprint density at radius 3 is 2.15 bits per heavy atom. The van der Waals surface area contributed by atoms with Gasteiger partial charge in [0, 0.05) is 17.3 Å². The Kier molecular flexibility index (Phi) is 5.48. The van der Waals surface area contributed by atoms with Gasteiger partial charge in [-0.05, 0) is 58.7 Å². The van der Waals surface area contributed by atoms with Crippen LogP contribution in [-0.2, 0) is 9.53 Å². The Hall–Kier alpha value is -4.19. The van der Waals surface area contributed by atoms with Gasteiger partial charge < -0.3 is 15.4 Å². The lowest BCUT2D eigenvalue weighted by atomic mass is 9.97. The van der Waals surface area contributed by atoms with Crippen LogP contribution in [0.15, 0.2) is 78.9 Å². The molecule has 0 aromatic heterocycles. The van der Waals surface area contributed by atoms with Crippen LogP contribution in [0.5, 0.6) is 0 Å². The zero-order valence-corrected chi connectivity index (χ0v) is 17.8. The molecule has 4 aromatic carbocycles. The molecular formula is C27H22N2O4. The fourth-order valence-corrected chi connectivity index (χ4v) is 3.87. The maximum Gasteiger partial charge on any atom is 0.339 e. The molecule has 6 nitrogen and oxygen atoms in total. The summed E-state index contributed by atoms with van der Waals surface area (Å²) in [4.78, 5) is 37.7. The zero-order chi connectivity index (χ0) is 22.8. The summed E-state index contributed by atoms with van der Waals surface area (Å²) in [6, 6.07) is 24.2. The quantitative estimate of drug-likeness (QED) is 0.338. The van der Waals surface area contributed by atoms with E-state index in [4.69, 9.17) is 4.74 Å². The summed E-state index contributed by atoms with van der Waals surface area (Å²) in [6.07, 6.45) is 2.00. The highest BCUT2D eigenvalue weighted by Crippen LogP contribution is 2.29. The molecule has 0 aliphatic heterocycles. The lowest BCUT2D eigenvalue weighted by molar-refractivity contribution is -0.119. The van der Waals surface area contributed by atoms with Crippen LogP contribution in [0, 0.1) is 0 Å². The summed E-state index contributed by atoms with van der Waals surface area (Å²) in [5, 5.41) is 9.01. The minimum Gasteiger partial charge on any atom is -0.452 e. The van der Waals surface area contributed by atoms with E-state index in [1.807, 2.05) is 54.6 Å². The van der Waals surface area contributed by atoms with E-state index in [2.05, 4.69) is 10.6 Å². The first-order chi connectivity index (χ1) is 16.1. The number of amides is 2. The molecule has 0 atom stereocenters. The summed E-state index contributed by atoms with van der Waals surface area (Å²) in [6.45, 7) is -0.436. The van der Waals surface area contributed by atoms with Crippen LogP contribution < -0.4 is 10.6 Å². The molecule has 0 heterocycles. The predicted octanol–water partition coefficient (Wildman–Crippen LogP) is 4.68. The third kappa shape index (κ3) is 4.55. The molecule has 0 bridgehead atoms. The third-order valence-electron chi connectivity index (χ3n) is 5.63. The van der Waals surface area contributed by atoms with Gasteiger partial charge in [0.2, 0.25) is 0 Å². The molecule has 0 spiro atoms. The van der Waals surface area contributed by atoms with Gasteiger partial charge in [-0.15, -0.1) is 0 Å².